The van der Waals surface area contributed by atoms with Crippen LogP contribution in [0.3, 0.4) is 0 Å². The van der Waals surface area contributed by atoms with Crippen molar-refractivity contribution in [3.05, 3.63) is 29.8 Å². The molecule has 0 saturated carbocycles. The third-order valence-electron chi connectivity index (χ3n) is 3.25. The zero-order chi connectivity index (χ0) is 15.1. The predicted molar refractivity (Wildman–Crippen MR) is 84.7 cm³/mol. The lowest BCUT2D eigenvalue weighted by Gasteiger charge is -2.16. The number of benzene rings is 1. The minimum atomic E-state index is -0.158. The van der Waals surface area contributed by atoms with Crippen molar-refractivity contribution in [3.63, 3.8) is 0 Å². The van der Waals surface area contributed by atoms with E-state index < -0.39 is 0 Å². The van der Waals surface area contributed by atoms with Crippen molar-refractivity contribution in [1.82, 2.24) is 5.32 Å². The summed E-state index contributed by atoms with van der Waals surface area (Å²) >= 11 is 0. The van der Waals surface area contributed by atoms with Gasteiger partial charge in [0.15, 0.2) is 0 Å². The van der Waals surface area contributed by atoms with Gasteiger partial charge in [0, 0.05) is 17.8 Å². The summed E-state index contributed by atoms with van der Waals surface area (Å²) in [6, 6.07) is 7.64. The topological polar surface area (TPSA) is 67.2 Å². The molecular formula is C16H27N3O. The molecule has 0 aliphatic heterocycles. The molecule has 0 saturated heterocycles. The highest BCUT2D eigenvalue weighted by atomic mass is 16.2. The smallest absolute Gasteiger partial charge is 0.319 e. The van der Waals surface area contributed by atoms with Crippen LogP contribution in [0.2, 0.25) is 0 Å². The van der Waals surface area contributed by atoms with E-state index in [0.717, 1.165) is 24.1 Å². The maximum atomic E-state index is 11.8. The number of nitrogens with one attached hydrogen (secondary N) is 2. The summed E-state index contributed by atoms with van der Waals surface area (Å²) in [5.74, 6) is 0.660. The lowest BCUT2D eigenvalue weighted by Crippen LogP contribution is -2.36. The molecule has 4 heteroatoms. The van der Waals surface area contributed by atoms with Crippen LogP contribution < -0.4 is 16.4 Å². The highest BCUT2D eigenvalue weighted by Gasteiger charge is 2.08. The first-order valence-corrected chi connectivity index (χ1v) is 7.31. The molecule has 0 aliphatic carbocycles. The van der Waals surface area contributed by atoms with E-state index in [0.29, 0.717) is 5.92 Å². The molecule has 0 spiro atoms. The average molecular weight is 277 g/mol. The SMILES string of the molecule is CC(C)CCC(C)NC(=O)Nc1ccc(C(C)N)cc1. The van der Waals surface area contributed by atoms with Gasteiger partial charge in [-0.2, -0.15) is 0 Å². The van der Waals surface area contributed by atoms with Crippen molar-refractivity contribution in [2.24, 2.45) is 11.7 Å². The van der Waals surface area contributed by atoms with Gasteiger partial charge in [0.1, 0.15) is 0 Å². The Hall–Kier alpha value is -1.55. The summed E-state index contributed by atoms with van der Waals surface area (Å²) < 4.78 is 0. The van der Waals surface area contributed by atoms with Gasteiger partial charge in [-0.1, -0.05) is 26.0 Å². The molecular weight excluding hydrogens is 250 g/mol. The molecule has 2 amide bonds. The standard InChI is InChI=1S/C16H27N3O/c1-11(2)5-6-12(3)18-16(20)19-15-9-7-14(8-10-15)13(4)17/h7-13H,5-6,17H2,1-4H3,(H2,18,19,20). The second-order valence-electron chi connectivity index (χ2n) is 5.88. The number of carbonyl (C=O) groups excluding carboxylic acids is 1. The van der Waals surface area contributed by atoms with Gasteiger partial charge in [0.25, 0.3) is 0 Å². The summed E-state index contributed by atoms with van der Waals surface area (Å²) in [5.41, 5.74) is 7.63. The summed E-state index contributed by atoms with van der Waals surface area (Å²) in [6.45, 7) is 8.34. The van der Waals surface area contributed by atoms with Crippen LogP contribution in [0, 0.1) is 5.92 Å². The van der Waals surface area contributed by atoms with E-state index in [-0.39, 0.29) is 18.1 Å². The van der Waals surface area contributed by atoms with Crippen LogP contribution in [0.1, 0.15) is 52.1 Å². The third kappa shape index (κ3) is 6.06. The minimum absolute atomic E-state index is 0.00827. The Bertz CT molecular complexity index is 412. The van der Waals surface area contributed by atoms with Crippen molar-refractivity contribution in [1.29, 1.82) is 0 Å². The van der Waals surface area contributed by atoms with Gasteiger partial charge in [-0.05, 0) is 50.3 Å². The quantitative estimate of drug-likeness (QED) is 0.743. The van der Waals surface area contributed by atoms with Crippen LogP contribution >= 0.6 is 0 Å². The van der Waals surface area contributed by atoms with Crippen LogP contribution in [-0.2, 0) is 0 Å². The van der Waals surface area contributed by atoms with E-state index in [1.54, 1.807) is 0 Å². The molecule has 2 atom stereocenters. The van der Waals surface area contributed by atoms with E-state index in [1.165, 1.54) is 0 Å². The number of carbonyl (C=O) groups is 1. The predicted octanol–water partition coefficient (Wildman–Crippen LogP) is 3.65. The zero-order valence-corrected chi connectivity index (χ0v) is 12.9. The monoisotopic (exact) mass is 277 g/mol. The summed E-state index contributed by atoms with van der Waals surface area (Å²) in [7, 11) is 0. The number of hydrogen-bond acceptors (Lipinski definition) is 2. The first kappa shape index (κ1) is 16.5. The number of amides is 2. The fourth-order valence-electron chi connectivity index (χ4n) is 1.92. The molecule has 1 rings (SSSR count). The summed E-state index contributed by atoms with van der Waals surface area (Å²) in [5, 5.41) is 5.78. The van der Waals surface area contributed by atoms with Gasteiger partial charge in [-0.15, -0.1) is 0 Å². The second kappa shape index (κ2) is 7.90. The van der Waals surface area contributed by atoms with E-state index in [2.05, 4.69) is 24.5 Å². The van der Waals surface area contributed by atoms with Crippen LogP contribution in [-0.4, -0.2) is 12.1 Å². The molecule has 0 radical (unpaired) electrons. The normalized spacial score (nSPS) is 13.9. The van der Waals surface area contributed by atoms with Crippen molar-refractivity contribution >= 4 is 11.7 Å². The number of hydrogen-bond donors (Lipinski definition) is 3. The highest BCUT2D eigenvalue weighted by Crippen LogP contribution is 2.14. The fraction of sp³-hybridized carbons (Fsp3) is 0.562. The number of anilines is 1. The van der Waals surface area contributed by atoms with Gasteiger partial charge in [-0.3, -0.25) is 0 Å². The van der Waals surface area contributed by atoms with Crippen LogP contribution in [0.15, 0.2) is 24.3 Å². The molecule has 0 fully saturated rings. The summed E-state index contributed by atoms with van der Waals surface area (Å²) in [4.78, 5) is 11.8. The molecule has 0 aliphatic rings. The van der Waals surface area contributed by atoms with Gasteiger partial charge >= 0.3 is 6.03 Å². The Kier molecular flexibility index (Phi) is 6.52. The van der Waals surface area contributed by atoms with Crippen molar-refractivity contribution < 1.29 is 4.79 Å². The van der Waals surface area contributed by atoms with Gasteiger partial charge < -0.3 is 16.4 Å². The highest BCUT2D eigenvalue weighted by molar-refractivity contribution is 5.89. The molecule has 1 aromatic carbocycles. The second-order valence-corrected chi connectivity index (χ2v) is 5.88. The third-order valence-corrected chi connectivity index (χ3v) is 3.25. The van der Waals surface area contributed by atoms with Crippen LogP contribution in [0.4, 0.5) is 10.5 Å². The van der Waals surface area contributed by atoms with Gasteiger partial charge in [-0.25, -0.2) is 4.79 Å². The molecule has 0 bridgehead atoms. The van der Waals surface area contributed by atoms with E-state index in [9.17, 15) is 4.79 Å². The van der Waals surface area contributed by atoms with Gasteiger partial charge in [0.2, 0.25) is 0 Å². The van der Waals surface area contributed by atoms with Crippen molar-refractivity contribution in [2.75, 3.05) is 5.32 Å². The first-order chi connectivity index (χ1) is 9.38. The maximum Gasteiger partial charge on any atom is 0.319 e. The lowest BCUT2D eigenvalue weighted by molar-refractivity contribution is 0.248. The molecule has 4 N–H and O–H groups in total. The first-order valence-electron chi connectivity index (χ1n) is 7.31. The number of rotatable bonds is 6. The number of nitrogens with two attached hydrogens (primary N) is 1. The van der Waals surface area contributed by atoms with E-state index in [1.807, 2.05) is 38.1 Å². The minimum Gasteiger partial charge on any atom is -0.335 e. The maximum absolute atomic E-state index is 11.8. The molecule has 0 aromatic heterocycles. The molecule has 1 aromatic rings. The van der Waals surface area contributed by atoms with E-state index in [4.69, 9.17) is 5.73 Å². The Labute approximate surface area is 122 Å². The Morgan fingerprint density at radius 1 is 1.10 bits per heavy atom. The Morgan fingerprint density at radius 2 is 1.70 bits per heavy atom. The largest absolute Gasteiger partial charge is 0.335 e. The molecule has 0 heterocycles. The summed E-state index contributed by atoms with van der Waals surface area (Å²) in [6.07, 6.45) is 2.11. The molecule has 2 unspecified atom stereocenters. The molecule has 20 heavy (non-hydrogen) atoms. The van der Waals surface area contributed by atoms with Crippen LogP contribution in [0.5, 0.6) is 0 Å². The van der Waals surface area contributed by atoms with Crippen molar-refractivity contribution in [3.8, 4) is 0 Å². The Morgan fingerprint density at radius 3 is 2.20 bits per heavy atom. The Balaban J connectivity index is 2.41. The molecule has 4 nitrogen and oxygen atoms in total. The zero-order valence-electron chi connectivity index (χ0n) is 12.9. The van der Waals surface area contributed by atoms with E-state index >= 15 is 0 Å². The number of urea groups is 1. The van der Waals surface area contributed by atoms with Crippen LogP contribution in [0.25, 0.3) is 0 Å². The van der Waals surface area contributed by atoms with Crippen molar-refractivity contribution in [2.45, 2.75) is 52.6 Å². The fourth-order valence-corrected chi connectivity index (χ4v) is 1.92. The van der Waals surface area contributed by atoms with Gasteiger partial charge in [0.05, 0.1) is 0 Å². The average Bonchev–Trinajstić information content (AvgIpc) is 2.36. The lowest BCUT2D eigenvalue weighted by atomic mass is 10.0. The molecule has 112 valence electrons.